The summed E-state index contributed by atoms with van der Waals surface area (Å²) in [6, 6.07) is 11.1. The molecule has 1 saturated heterocycles. The Morgan fingerprint density at radius 1 is 1.06 bits per heavy atom. The summed E-state index contributed by atoms with van der Waals surface area (Å²) in [4.78, 5) is 15.3. The molecule has 3 aromatic rings. The van der Waals surface area contributed by atoms with E-state index in [0.29, 0.717) is 36.6 Å². The number of aromatic nitrogens is 2. The van der Waals surface area contributed by atoms with Gasteiger partial charge in [-0.25, -0.2) is 12.9 Å². The van der Waals surface area contributed by atoms with Gasteiger partial charge in [-0.2, -0.15) is 9.40 Å². The second-order valence-electron chi connectivity index (χ2n) is 8.72. The van der Waals surface area contributed by atoms with Crippen molar-refractivity contribution >= 4 is 21.4 Å². The molecule has 1 aliphatic heterocycles. The molecule has 0 spiro atoms. The van der Waals surface area contributed by atoms with Crippen LogP contribution in [0.5, 0.6) is 0 Å². The van der Waals surface area contributed by atoms with E-state index in [-0.39, 0.29) is 11.8 Å². The number of carbonyl (C=O) groups excluding carboxylic acids is 1. The van der Waals surface area contributed by atoms with Gasteiger partial charge in [0.1, 0.15) is 0 Å². The molecule has 4 rings (SSSR count). The van der Waals surface area contributed by atoms with Crippen LogP contribution < -0.4 is 0 Å². The van der Waals surface area contributed by atoms with Crippen molar-refractivity contribution in [1.29, 1.82) is 0 Å². The van der Waals surface area contributed by atoms with Crippen molar-refractivity contribution in [1.82, 2.24) is 18.8 Å². The molecular weight excluding hydrogens is 436 g/mol. The van der Waals surface area contributed by atoms with Crippen LogP contribution in [0.15, 0.2) is 47.5 Å². The van der Waals surface area contributed by atoms with Gasteiger partial charge in [0.05, 0.1) is 21.7 Å². The Kier molecular flexibility index (Phi) is 6.59. The van der Waals surface area contributed by atoms with E-state index in [1.165, 1.54) is 0 Å². The van der Waals surface area contributed by atoms with Crippen molar-refractivity contribution in [3.05, 3.63) is 65.0 Å². The zero-order chi connectivity index (χ0) is 23.8. The zero-order valence-electron chi connectivity index (χ0n) is 19.8. The maximum atomic E-state index is 13.1. The molecule has 176 valence electrons. The summed E-state index contributed by atoms with van der Waals surface area (Å²) in [6.45, 7) is 10.0. The van der Waals surface area contributed by atoms with Crippen molar-refractivity contribution in [3.63, 3.8) is 0 Å². The van der Waals surface area contributed by atoms with Crippen LogP contribution in [0.1, 0.15) is 59.8 Å². The second kappa shape index (κ2) is 9.27. The Bertz CT molecular complexity index is 1250. The van der Waals surface area contributed by atoms with Crippen LogP contribution in [0.25, 0.3) is 5.52 Å². The minimum absolute atomic E-state index is 0.00339. The minimum Gasteiger partial charge on any atom is -0.339 e. The summed E-state index contributed by atoms with van der Waals surface area (Å²) in [7, 11) is -3.48. The van der Waals surface area contributed by atoms with Gasteiger partial charge in [0.2, 0.25) is 10.0 Å². The Hall–Kier alpha value is -2.71. The third-order valence-corrected chi connectivity index (χ3v) is 8.60. The summed E-state index contributed by atoms with van der Waals surface area (Å²) < 4.78 is 29.4. The predicted octanol–water partition coefficient (Wildman–Crippen LogP) is 4.00. The lowest BCUT2D eigenvalue weighted by Crippen LogP contribution is -2.37. The molecule has 1 fully saturated rings. The molecule has 0 bridgehead atoms. The molecule has 1 amide bonds. The fourth-order valence-corrected chi connectivity index (χ4v) is 6.13. The van der Waals surface area contributed by atoms with Gasteiger partial charge in [0.15, 0.2) is 0 Å². The van der Waals surface area contributed by atoms with Crippen LogP contribution in [-0.2, 0) is 10.0 Å². The van der Waals surface area contributed by atoms with E-state index in [0.717, 1.165) is 35.2 Å². The molecule has 0 aliphatic carbocycles. The third-order valence-electron chi connectivity index (χ3n) is 6.68. The Morgan fingerprint density at radius 3 is 2.30 bits per heavy atom. The van der Waals surface area contributed by atoms with Crippen LogP contribution in [0.4, 0.5) is 0 Å². The molecular formula is C25H32N4O3S. The highest BCUT2D eigenvalue weighted by molar-refractivity contribution is 7.89. The standard InChI is InChI=1S/C25H32N4O3S/c1-5-27(6-2)25(30)24-19(4)26-29-16-13-21(17-23(24)29)20-11-14-28(15-12-20)33(31,32)22-9-7-18(3)8-10-22/h7-10,13,16-17,20H,5-6,11-12,14-15H2,1-4H3. The van der Waals surface area contributed by atoms with E-state index in [1.807, 2.05) is 57.0 Å². The molecule has 1 aliphatic rings. The first-order chi connectivity index (χ1) is 15.8. The predicted molar refractivity (Wildman–Crippen MR) is 129 cm³/mol. The van der Waals surface area contributed by atoms with Crippen molar-refractivity contribution in [2.75, 3.05) is 26.2 Å². The first-order valence-corrected chi connectivity index (χ1v) is 13.0. The number of piperidine rings is 1. The van der Waals surface area contributed by atoms with E-state index in [2.05, 4.69) is 11.2 Å². The van der Waals surface area contributed by atoms with E-state index in [1.54, 1.807) is 21.0 Å². The molecule has 0 atom stereocenters. The number of amides is 1. The number of nitrogens with zero attached hydrogens (tertiary/aromatic N) is 4. The highest BCUT2D eigenvalue weighted by Crippen LogP contribution is 2.32. The van der Waals surface area contributed by atoms with Crippen LogP contribution in [0, 0.1) is 13.8 Å². The number of benzene rings is 1. The molecule has 2 aromatic heterocycles. The number of rotatable bonds is 6. The molecule has 0 radical (unpaired) electrons. The largest absolute Gasteiger partial charge is 0.339 e. The van der Waals surface area contributed by atoms with Gasteiger partial charge in [-0.3, -0.25) is 4.79 Å². The molecule has 8 heteroatoms. The number of sulfonamides is 1. The molecule has 0 N–H and O–H groups in total. The second-order valence-corrected chi connectivity index (χ2v) is 10.7. The van der Waals surface area contributed by atoms with Crippen LogP contribution in [-0.4, -0.2) is 59.3 Å². The van der Waals surface area contributed by atoms with E-state index < -0.39 is 10.0 Å². The van der Waals surface area contributed by atoms with Gasteiger partial charge in [-0.05, 0) is 76.3 Å². The topological polar surface area (TPSA) is 75.0 Å². The number of aryl methyl sites for hydroxylation is 2. The maximum Gasteiger partial charge on any atom is 0.257 e. The highest BCUT2D eigenvalue weighted by Gasteiger charge is 2.30. The lowest BCUT2D eigenvalue weighted by Gasteiger charge is -2.31. The maximum absolute atomic E-state index is 13.1. The molecule has 0 unspecified atom stereocenters. The zero-order valence-corrected chi connectivity index (χ0v) is 20.6. The molecule has 33 heavy (non-hydrogen) atoms. The number of hydrogen-bond acceptors (Lipinski definition) is 4. The quantitative estimate of drug-likeness (QED) is 0.548. The van der Waals surface area contributed by atoms with E-state index in [9.17, 15) is 13.2 Å². The number of fused-ring (bicyclic) bond motifs is 1. The van der Waals surface area contributed by atoms with Gasteiger partial charge < -0.3 is 4.90 Å². The Morgan fingerprint density at radius 2 is 1.70 bits per heavy atom. The lowest BCUT2D eigenvalue weighted by atomic mass is 9.90. The van der Waals surface area contributed by atoms with Crippen LogP contribution in [0.3, 0.4) is 0 Å². The third kappa shape index (κ3) is 4.42. The normalized spacial score (nSPS) is 15.8. The van der Waals surface area contributed by atoms with Gasteiger partial charge in [0.25, 0.3) is 5.91 Å². The van der Waals surface area contributed by atoms with Gasteiger partial charge in [-0.15, -0.1) is 0 Å². The number of carbonyl (C=O) groups is 1. The molecule has 7 nitrogen and oxygen atoms in total. The molecule has 1 aromatic carbocycles. The average molecular weight is 469 g/mol. The summed E-state index contributed by atoms with van der Waals surface area (Å²) >= 11 is 0. The summed E-state index contributed by atoms with van der Waals surface area (Å²) in [6.07, 6.45) is 3.40. The first-order valence-electron chi connectivity index (χ1n) is 11.6. The molecule has 0 saturated carbocycles. The summed E-state index contributed by atoms with van der Waals surface area (Å²) in [5, 5.41) is 4.54. The Labute approximate surface area is 196 Å². The van der Waals surface area contributed by atoms with Crippen molar-refractivity contribution in [2.45, 2.75) is 51.3 Å². The SMILES string of the molecule is CCN(CC)C(=O)c1c(C)nn2ccc(C3CCN(S(=O)(=O)c4ccc(C)cc4)CC3)cc12. The van der Waals surface area contributed by atoms with Crippen LogP contribution in [0.2, 0.25) is 0 Å². The van der Waals surface area contributed by atoms with Gasteiger partial charge in [0, 0.05) is 32.4 Å². The van der Waals surface area contributed by atoms with E-state index in [4.69, 9.17) is 0 Å². The Balaban J connectivity index is 1.55. The number of hydrogen-bond donors (Lipinski definition) is 0. The van der Waals surface area contributed by atoms with Crippen molar-refractivity contribution in [3.8, 4) is 0 Å². The lowest BCUT2D eigenvalue weighted by molar-refractivity contribution is 0.0774. The average Bonchev–Trinajstić information content (AvgIpc) is 3.15. The smallest absolute Gasteiger partial charge is 0.257 e. The van der Waals surface area contributed by atoms with Crippen molar-refractivity contribution < 1.29 is 13.2 Å². The van der Waals surface area contributed by atoms with Gasteiger partial charge in [-0.1, -0.05) is 17.7 Å². The van der Waals surface area contributed by atoms with Crippen LogP contribution >= 0.6 is 0 Å². The van der Waals surface area contributed by atoms with Gasteiger partial charge >= 0.3 is 0 Å². The number of pyridine rings is 1. The highest BCUT2D eigenvalue weighted by atomic mass is 32.2. The van der Waals surface area contributed by atoms with Crippen molar-refractivity contribution in [2.24, 2.45) is 0 Å². The minimum atomic E-state index is -3.48. The summed E-state index contributed by atoms with van der Waals surface area (Å²) in [5.74, 6) is 0.245. The summed E-state index contributed by atoms with van der Waals surface area (Å²) in [5.41, 5.74) is 4.36. The molecule has 3 heterocycles. The first kappa shape index (κ1) is 23.4. The fraction of sp³-hybridized carbons (Fsp3) is 0.440. The fourth-order valence-electron chi connectivity index (χ4n) is 4.66. The van der Waals surface area contributed by atoms with E-state index >= 15 is 0 Å². The monoisotopic (exact) mass is 468 g/mol.